The van der Waals surface area contributed by atoms with Crippen LogP contribution >= 0.6 is 26.2 Å². The molecule has 6 heterocycles. The van der Waals surface area contributed by atoms with Crippen molar-refractivity contribution in [1.29, 1.82) is 0 Å². The number of imidazole rings is 1. The van der Waals surface area contributed by atoms with Gasteiger partial charge in [-0.25, -0.2) is 23.7 Å². The summed E-state index contributed by atoms with van der Waals surface area (Å²) < 4.78 is 72.3. The minimum atomic E-state index is -4.44. The number of aliphatic hydroxyl groups excluding tert-OH is 1. The fourth-order valence-corrected chi connectivity index (χ4v) is 7.06. The molecule has 0 aromatic carbocycles. The number of nitrogens with one attached hydrogen (secondary N) is 1. The van der Waals surface area contributed by atoms with Gasteiger partial charge in [-0.1, -0.05) is 5.21 Å². The molecule has 6 rings (SSSR count). The van der Waals surface area contributed by atoms with Crippen LogP contribution in [0, 0.1) is 0 Å². The van der Waals surface area contributed by atoms with Crippen LogP contribution in [0.5, 0.6) is 0 Å². The first-order valence-corrected chi connectivity index (χ1v) is 17.5. The molecule has 4 aromatic rings. The van der Waals surface area contributed by atoms with E-state index in [-0.39, 0.29) is 34.1 Å². The number of halogens is 2. The van der Waals surface area contributed by atoms with Gasteiger partial charge in [-0.15, -0.1) is 9.62 Å². The Morgan fingerprint density at radius 2 is 1.89 bits per heavy atom. The van der Waals surface area contributed by atoms with Crippen molar-refractivity contribution in [1.82, 2.24) is 44.5 Å². The molecule has 7 N–H and O–H groups in total. The third kappa shape index (κ3) is 6.03. The maximum Gasteiger partial charge on any atom is 0.582 e. The van der Waals surface area contributed by atoms with Gasteiger partial charge in [0.25, 0.3) is 5.56 Å². The molecule has 0 aliphatic carbocycles. The van der Waals surface area contributed by atoms with E-state index >= 15 is 8.78 Å². The second-order valence-corrected chi connectivity index (χ2v) is 14.0. The Morgan fingerprint density at radius 1 is 1.13 bits per heavy atom. The van der Waals surface area contributed by atoms with Gasteiger partial charge >= 0.3 is 13.9 Å². The maximum atomic E-state index is 15.7. The zero-order chi connectivity index (χ0) is 32.2. The quantitative estimate of drug-likeness (QED) is 0.0899. The highest BCUT2D eigenvalue weighted by Gasteiger charge is 2.53. The Labute approximate surface area is 259 Å². The molecule has 2 saturated heterocycles. The summed E-state index contributed by atoms with van der Waals surface area (Å²) in [7, 11) is -2.65. The van der Waals surface area contributed by atoms with E-state index in [1.807, 2.05) is 0 Å². The highest BCUT2D eigenvalue weighted by atomic mass is 32.7. The van der Waals surface area contributed by atoms with Gasteiger partial charge in [0.05, 0.1) is 19.5 Å². The number of aliphatic hydroxyl groups is 1. The van der Waals surface area contributed by atoms with Crippen LogP contribution in [0.25, 0.3) is 22.3 Å². The molecule has 2 fully saturated rings. The minimum absolute atomic E-state index is 0.0325. The number of nitrogen functional groups attached to an aromatic ring is 2. The van der Waals surface area contributed by atoms with Crippen molar-refractivity contribution in [3.63, 3.8) is 0 Å². The Kier molecular flexibility index (Phi) is 8.82. The van der Waals surface area contributed by atoms with E-state index < -0.39 is 81.9 Å². The number of rotatable bonds is 10. The number of thiol groups is 1. The summed E-state index contributed by atoms with van der Waals surface area (Å²) in [5, 5.41) is 17.1. The van der Waals surface area contributed by atoms with Crippen LogP contribution in [0.3, 0.4) is 0 Å². The van der Waals surface area contributed by atoms with Crippen molar-refractivity contribution in [3.8, 4) is 0 Å². The highest BCUT2D eigenvalue weighted by molar-refractivity contribution is 8.39. The van der Waals surface area contributed by atoms with Gasteiger partial charge in [0.1, 0.15) is 42.4 Å². The third-order valence-corrected chi connectivity index (χ3v) is 9.10. The highest BCUT2D eigenvalue weighted by Crippen LogP contribution is 2.51. The molecule has 0 bridgehead atoms. The topological polar surface area (TPSA) is 276 Å². The van der Waals surface area contributed by atoms with Crippen molar-refractivity contribution in [2.24, 2.45) is 0 Å². The lowest BCUT2D eigenvalue weighted by atomic mass is 10.1. The van der Waals surface area contributed by atoms with Crippen LogP contribution in [0.4, 0.5) is 20.5 Å². The first-order valence-electron chi connectivity index (χ1n) is 12.6. The predicted molar refractivity (Wildman–Crippen MR) is 154 cm³/mol. The van der Waals surface area contributed by atoms with Crippen LogP contribution in [-0.4, -0.2) is 104 Å². The molecule has 45 heavy (non-hydrogen) atoms. The molecule has 20 nitrogen and oxygen atoms in total. The number of H-pyrrole nitrogens is 1. The van der Waals surface area contributed by atoms with Gasteiger partial charge in [0.15, 0.2) is 53.5 Å². The van der Waals surface area contributed by atoms with Gasteiger partial charge in [0.2, 0.25) is 5.95 Å². The Balaban J connectivity index is 1.22. The number of fused-ring (bicyclic) bond motifs is 2. The smallest absolute Gasteiger partial charge is 0.394 e. The number of nitrogens with zero attached hydrogens (tertiary/aromatic N) is 8. The minimum Gasteiger partial charge on any atom is -0.394 e. The van der Waals surface area contributed by atoms with E-state index in [0.717, 1.165) is 11.0 Å². The zero-order valence-corrected chi connectivity index (χ0v) is 25.7. The van der Waals surface area contributed by atoms with Crippen LogP contribution in [0.2, 0.25) is 0 Å². The molecule has 2 unspecified atom stereocenters. The first kappa shape index (κ1) is 32.1. The third-order valence-electron chi connectivity index (χ3n) is 6.84. The Bertz CT molecular complexity index is 1870. The average molecular weight is 713 g/mol. The summed E-state index contributed by atoms with van der Waals surface area (Å²) in [6.07, 6.45) is -11.0. The van der Waals surface area contributed by atoms with Crippen LogP contribution in [0.1, 0.15) is 12.5 Å². The van der Waals surface area contributed by atoms with E-state index in [9.17, 15) is 19.4 Å². The second-order valence-electron chi connectivity index (χ2n) is 9.58. The molecule has 0 amide bonds. The van der Waals surface area contributed by atoms with Crippen LogP contribution < -0.4 is 17.0 Å². The number of hydrogen-bond donors (Lipinski definition) is 6. The number of nitrogens with two attached hydrogens (primary N) is 2. The van der Waals surface area contributed by atoms with Gasteiger partial charge in [0, 0.05) is 0 Å². The SMILES string of the molecule is Nc1nc2c(nnn2[C@@H]2O[C@H](CO)[C@@H](F)[C@H]2OP(O)(=S)OC[C@H]2O[C@@H](n3cnc4c(N)ncnc43)[C@@H](F)[C@@H]2O[P+](=O)S)c(=O)[nH]1. The van der Waals surface area contributed by atoms with Gasteiger partial charge in [-0.2, -0.15) is 9.67 Å². The number of aromatic nitrogens is 9. The predicted octanol–water partition coefficient (Wildman–Crippen LogP) is -0.427. The summed E-state index contributed by atoms with van der Waals surface area (Å²) in [4.78, 5) is 41.2. The summed E-state index contributed by atoms with van der Waals surface area (Å²) in [6.45, 7) is -5.96. The van der Waals surface area contributed by atoms with E-state index in [0.29, 0.717) is 0 Å². The number of hydrogen-bond acceptors (Lipinski definition) is 17. The van der Waals surface area contributed by atoms with Crippen LogP contribution in [-0.2, 0) is 39.4 Å². The first-order chi connectivity index (χ1) is 21.4. The van der Waals surface area contributed by atoms with Crippen molar-refractivity contribution < 1.29 is 46.4 Å². The average Bonchev–Trinajstić information content (AvgIpc) is 3.73. The second kappa shape index (κ2) is 12.4. The zero-order valence-electron chi connectivity index (χ0n) is 22.2. The number of ether oxygens (including phenoxy) is 2. The van der Waals surface area contributed by atoms with Crippen molar-refractivity contribution in [2.45, 2.75) is 49.2 Å². The number of aromatic amines is 1. The fraction of sp³-hybridized carbons (Fsp3) is 0.526. The lowest BCUT2D eigenvalue weighted by Crippen LogP contribution is -2.34. The number of alkyl halides is 2. The summed E-state index contributed by atoms with van der Waals surface area (Å²) >= 11 is 8.79. The van der Waals surface area contributed by atoms with E-state index in [1.165, 1.54) is 10.9 Å². The largest absolute Gasteiger partial charge is 0.582 e. The van der Waals surface area contributed by atoms with E-state index in [2.05, 4.69) is 47.5 Å². The van der Waals surface area contributed by atoms with Crippen molar-refractivity contribution in [2.75, 3.05) is 24.7 Å². The molecule has 2 aliphatic rings. The molecule has 0 saturated carbocycles. The molecule has 4 aromatic heterocycles. The van der Waals surface area contributed by atoms with Gasteiger partial charge in [-0.05, 0) is 16.4 Å². The Hall–Kier alpha value is -2.89. The van der Waals surface area contributed by atoms with Gasteiger partial charge < -0.3 is 35.5 Å². The van der Waals surface area contributed by atoms with E-state index in [1.54, 1.807) is 0 Å². The molecule has 2 aliphatic heterocycles. The molecular weight excluding hydrogens is 690 g/mol. The van der Waals surface area contributed by atoms with Crippen LogP contribution in [0.15, 0.2) is 17.4 Å². The lowest BCUT2D eigenvalue weighted by molar-refractivity contribution is -0.0588. The summed E-state index contributed by atoms with van der Waals surface area (Å²) in [5.41, 5.74) is 10.5. The van der Waals surface area contributed by atoms with Crippen molar-refractivity contribution >= 4 is 72.1 Å². The fourth-order valence-electron chi connectivity index (χ4n) is 4.87. The Morgan fingerprint density at radius 3 is 2.62 bits per heavy atom. The molecule has 0 radical (unpaired) electrons. The molecule has 242 valence electrons. The summed E-state index contributed by atoms with van der Waals surface area (Å²) in [6, 6.07) is 0. The van der Waals surface area contributed by atoms with Crippen molar-refractivity contribution in [3.05, 3.63) is 23.0 Å². The maximum absolute atomic E-state index is 15.7. The van der Waals surface area contributed by atoms with Gasteiger partial charge in [-0.3, -0.25) is 18.9 Å². The molecule has 26 heteroatoms. The normalized spacial score (nSPS) is 30.3. The summed E-state index contributed by atoms with van der Waals surface area (Å²) in [5.74, 6) is -0.275. The molecular formula is C19H22F2N11O9P2S2+. The number of anilines is 2. The monoisotopic (exact) mass is 712 g/mol. The lowest BCUT2D eigenvalue weighted by Gasteiger charge is -2.25. The molecule has 10 atom stereocenters. The molecule has 0 spiro atoms. The standard InChI is InChI=1S/C19H21F2N11O9P2S2/c20-7-5(1-33)38-18(32-15-10(29-30-32)16(34)28-19(23)27-15)12(7)41-43(36,45)37-2-6-11(40-42(35)44)8(21)17(39-6)31-4-26-9-13(22)24-3-25-14(9)31/h3-8,11-12,17-18,33H,1-2H2,(H6-,22,23,24,25,27,28,30,34,35,36,44,45)/p+1/t5-,6-,7-,8+,11-,12-,17-,18-,43?/m1/s1. The van der Waals surface area contributed by atoms with E-state index in [4.69, 9.17) is 46.3 Å².